The molecule has 8 heteroatoms. The Hall–Kier alpha value is -2.90. The summed E-state index contributed by atoms with van der Waals surface area (Å²) in [5, 5.41) is 2.94. The second-order valence-electron chi connectivity index (χ2n) is 9.41. The van der Waals surface area contributed by atoms with Crippen LogP contribution in [0.25, 0.3) is 11.3 Å². The van der Waals surface area contributed by atoms with Gasteiger partial charge in [0.15, 0.2) is 11.6 Å². The average Bonchev–Trinajstić information content (AvgIpc) is 2.60. The summed E-state index contributed by atoms with van der Waals surface area (Å²) in [4.78, 5) is 20.5. The number of rotatable bonds is 7. The monoisotopic (exact) mass is 432 g/mol. The van der Waals surface area contributed by atoms with E-state index in [1.165, 1.54) is 12.3 Å². The third-order valence-electron chi connectivity index (χ3n) is 4.44. The number of aromatic nitrogens is 2. The first-order valence-corrected chi connectivity index (χ1v) is 10.3. The molecule has 2 heterocycles. The summed E-state index contributed by atoms with van der Waals surface area (Å²) in [6, 6.07) is 4.93. The van der Waals surface area contributed by atoms with Crippen molar-refractivity contribution in [1.29, 1.82) is 0 Å². The standard InChI is InChI=1S/C23H33FN4O3/c1-14(2)12-23(7,28-21(29)31-22(4,5)6)13-30-18-9-8-17(27-15(18)3)16-10-11-26-20(25)19(16)24/h8-11,14H,12-13H2,1-7H3,(H2,25,26)(H,28,29). The third kappa shape index (κ3) is 7.08. The number of halogens is 1. The van der Waals surface area contributed by atoms with Crippen molar-refractivity contribution in [3.05, 3.63) is 35.9 Å². The van der Waals surface area contributed by atoms with Crippen LogP contribution in [-0.2, 0) is 4.74 Å². The van der Waals surface area contributed by atoms with Gasteiger partial charge in [-0.15, -0.1) is 0 Å². The molecule has 2 aromatic heterocycles. The summed E-state index contributed by atoms with van der Waals surface area (Å²) in [7, 11) is 0. The van der Waals surface area contributed by atoms with E-state index in [2.05, 4.69) is 29.1 Å². The van der Waals surface area contributed by atoms with Crippen molar-refractivity contribution in [2.24, 2.45) is 5.92 Å². The number of amides is 1. The first kappa shape index (κ1) is 24.4. The van der Waals surface area contributed by atoms with E-state index in [0.29, 0.717) is 29.5 Å². The molecule has 7 nitrogen and oxygen atoms in total. The Labute approximate surface area is 183 Å². The van der Waals surface area contributed by atoms with E-state index in [1.54, 1.807) is 19.1 Å². The Bertz CT molecular complexity index is 928. The number of nitrogens with one attached hydrogen (secondary N) is 1. The summed E-state index contributed by atoms with van der Waals surface area (Å²) in [5.41, 5.74) is 5.63. The number of alkyl carbamates (subject to hydrolysis) is 1. The van der Waals surface area contributed by atoms with Crippen LogP contribution in [0.3, 0.4) is 0 Å². The van der Waals surface area contributed by atoms with Gasteiger partial charge < -0.3 is 20.5 Å². The number of nitrogen functional groups attached to an aromatic ring is 1. The molecule has 170 valence electrons. The predicted molar refractivity (Wildman–Crippen MR) is 119 cm³/mol. The molecule has 0 saturated carbocycles. The smallest absolute Gasteiger partial charge is 0.408 e. The molecule has 0 aromatic carbocycles. The lowest BCUT2D eigenvalue weighted by molar-refractivity contribution is 0.0407. The van der Waals surface area contributed by atoms with Crippen molar-refractivity contribution in [1.82, 2.24) is 15.3 Å². The average molecular weight is 433 g/mol. The van der Waals surface area contributed by atoms with Crippen molar-refractivity contribution < 1.29 is 18.7 Å². The van der Waals surface area contributed by atoms with E-state index in [1.807, 2.05) is 27.7 Å². The molecule has 2 rings (SSSR count). The van der Waals surface area contributed by atoms with E-state index in [0.717, 1.165) is 0 Å². The zero-order chi connectivity index (χ0) is 23.4. The molecule has 0 aliphatic heterocycles. The zero-order valence-corrected chi connectivity index (χ0v) is 19.4. The molecule has 0 aliphatic carbocycles. The van der Waals surface area contributed by atoms with E-state index < -0.39 is 23.1 Å². The van der Waals surface area contributed by atoms with Gasteiger partial charge in [0.1, 0.15) is 18.0 Å². The largest absolute Gasteiger partial charge is 0.489 e. The minimum Gasteiger partial charge on any atom is -0.489 e. The normalized spacial score (nSPS) is 13.6. The highest BCUT2D eigenvalue weighted by atomic mass is 19.1. The topological polar surface area (TPSA) is 99.4 Å². The second kappa shape index (κ2) is 9.49. The number of anilines is 1. The third-order valence-corrected chi connectivity index (χ3v) is 4.44. The molecule has 0 fully saturated rings. The summed E-state index contributed by atoms with van der Waals surface area (Å²) >= 11 is 0. The van der Waals surface area contributed by atoms with Gasteiger partial charge in [-0.05, 0) is 65.2 Å². The first-order chi connectivity index (χ1) is 14.3. The number of hydrogen-bond acceptors (Lipinski definition) is 6. The highest BCUT2D eigenvalue weighted by Crippen LogP contribution is 2.27. The minimum atomic E-state index is -0.646. The van der Waals surface area contributed by atoms with Crippen LogP contribution in [0.15, 0.2) is 24.4 Å². The maximum absolute atomic E-state index is 14.3. The van der Waals surface area contributed by atoms with Crippen molar-refractivity contribution in [2.75, 3.05) is 12.3 Å². The number of nitrogens with two attached hydrogens (primary N) is 1. The van der Waals surface area contributed by atoms with Crippen LogP contribution in [0.1, 0.15) is 53.7 Å². The lowest BCUT2D eigenvalue weighted by Gasteiger charge is -2.33. The SMILES string of the molecule is Cc1nc(-c2ccnc(N)c2F)ccc1OCC(C)(CC(C)C)NC(=O)OC(C)(C)C. The number of carbonyl (C=O) groups excluding carboxylic acids is 1. The molecule has 1 unspecified atom stereocenters. The van der Waals surface area contributed by atoms with E-state index in [-0.39, 0.29) is 18.0 Å². The molecule has 31 heavy (non-hydrogen) atoms. The summed E-state index contributed by atoms with van der Waals surface area (Å²) in [6.45, 7) is 13.5. The lowest BCUT2D eigenvalue weighted by Crippen LogP contribution is -2.52. The van der Waals surface area contributed by atoms with Gasteiger partial charge in [0, 0.05) is 11.8 Å². The number of ether oxygens (including phenoxy) is 2. The van der Waals surface area contributed by atoms with Crippen LogP contribution < -0.4 is 15.8 Å². The first-order valence-electron chi connectivity index (χ1n) is 10.3. The molecule has 0 aliphatic rings. The Morgan fingerprint density at radius 3 is 2.48 bits per heavy atom. The van der Waals surface area contributed by atoms with Crippen LogP contribution in [0, 0.1) is 18.7 Å². The van der Waals surface area contributed by atoms with Gasteiger partial charge in [0.25, 0.3) is 0 Å². The Kier molecular flexibility index (Phi) is 7.46. The van der Waals surface area contributed by atoms with Crippen molar-refractivity contribution in [3.63, 3.8) is 0 Å². The molecule has 2 aromatic rings. The maximum Gasteiger partial charge on any atom is 0.408 e. The van der Waals surface area contributed by atoms with Gasteiger partial charge in [-0.2, -0.15) is 0 Å². The van der Waals surface area contributed by atoms with Gasteiger partial charge >= 0.3 is 6.09 Å². The van der Waals surface area contributed by atoms with Crippen LogP contribution in [-0.4, -0.2) is 33.8 Å². The number of carbonyl (C=O) groups is 1. The van der Waals surface area contributed by atoms with Gasteiger partial charge in [-0.3, -0.25) is 0 Å². The van der Waals surface area contributed by atoms with Gasteiger partial charge in [0.05, 0.1) is 16.9 Å². The zero-order valence-electron chi connectivity index (χ0n) is 19.4. The Morgan fingerprint density at radius 2 is 1.90 bits per heavy atom. The van der Waals surface area contributed by atoms with Crippen LogP contribution in [0.5, 0.6) is 5.75 Å². The number of hydrogen-bond donors (Lipinski definition) is 2. The maximum atomic E-state index is 14.3. The Balaban J connectivity index is 2.17. The highest BCUT2D eigenvalue weighted by Gasteiger charge is 2.31. The van der Waals surface area contributed by atoms with Crippen LogP contribution in [0.2, 0.25) is 0 Å². The molecule has 1 atom stereocenters. The van der Waals surface area contributed by atoms with Crippen LogP contribution >= 0.6 is 0 Å². The molecule has 0 spiro atoms. The summed E-state index contributed by atoms with van der Waals surface area (Å²) in [5.74, 6) is 0.0986. The second-order valence-corrected chi connectivity index (χ2v) is 9.41. The molecule has 1 amide bonds. The van der Waals surface area contributed by atoms with E-state index in [9.17, 15) is 9.18 Å². The molecule has 3 N–H and O–H groups in total. The minimum absolute atomic E-state index is 0.171. The fourth-order valence-electron chi connectivity index (χ4n) is 3.34. The fraction of sp³-hybridized carbons (Fsp3) is 0.522. The molecule has 0 radical (unpaired) electrons. The van der Waals surface area contributed by atoms with Gasteiger partial charge in [-0.1, -0.05) is 13.8 Å². The van der Waals surface area contributed by atoms with Gasteiger partial charge in [-0.25, -0.2) is 19.2 Å². The highest BCUT2D eigenvalue weighted by molar-refractivity contribution is 5.68. The van der Waals surface area contributed by atoms with Crippen molar-refractivity contribution in [2.45, 2.75) is 66.0 Å². The number of pyridine rings is 2. The summed E-state index contributed by atoms with van der Waals surface area (Å²) < 4.78 is 25.7. The van der Waals surface area contributed by atoms with E-state index in [4.69, 9.17) is 15.2 Å². The molecular formula is C23H33FN4O3. The summed E-state index contributed by atoms with van der Waals surface area (Å²) in [6.07, 6.45) is 1.64. The van der Waals surface area contributed by atoms with Crippen LogP contribution in [0.4, 0.5) is 15.0 Å². The predicted octanol–water partition coefficient (Wildman–Crippen LogP) is 4.88. The number of nitrogens with zero attached hydrogens (tertiary/aromatic N) is 2. The molecule has 0 saturated heterocycles. The molecule has 0 bridgehead atoms. The molecular weight excluding hydrogens is 399 g/mol. The number of aryl methyl sites for hydroxylation is 1. The van der Waals surface area contributed by atoms with Gasteiger partial charge in [0.2, 0.25) is 0 Å². The lowest BCUT2D eigenvalue weighted by atomic mass is 9.91. The van der Waals surface area contributed by atoms with Crippen molar-refractivity contribution >= 4 is 11.9 Å². The quantitative estimate of drug-likeness (QED) is 0.647. The van der Waals surface area contributed by atoms with Crippen molar-refractivity contribution in [3.8, 4) is 17.0 Å². The Morgan fingerprint density at radius 1 is 1.23 bits per heavy atom. The van der Waals surface area contributed by atoms with E-state index >= 15 is 0 Å². The fourth-order valence-corrected chi connectivity index (χ4v) is 3.34.